The van der Waals surface area contributed by atoms with Gasteiger partial charge in [0.05, 0.1) is 10.7 Å². The van der Waals surface area contributed by atoms with Crippen LogP contribution in [-0.4, -0.2) is 11.6 Å². The molecule has 1 aromatic carbocycles. The molecule has 18 heavy (non-hydrogen) atoms. The summed E-state index contributed by atoms with van der Waals surface area (Å²) in [7, 11) is 0. The molecular weight excluding hydrogens is 256 g/mol. The molecule has 1 aliphatic rings. The molecule has 0 unspecified atom stereocenters. The molecule has 0 amide bonds. The van der Waals surface area contributed by atoms with E-state index in [0.717, 1.165) is 10.7 Å². The van der Waals surface area contributed by atoms with Crippen LogP contribution >= 0.6 is 11.3 Å². The fraction of sp³-hybridized carbons (Fsp3) is 0.308. The van der Waals surface area contributed by atoms with Crippen molar-refractivity contribution in [1.29, 1.82) is 0 Å². The number of nitrogens with zero attached hydrogens (tertiary/aromatic N) is 1. The van der Waals surface area contributed by atoms with Crippen molar-refractivity contribution in [2.75, 3.05) is 0 Å². The lowest BCUT2D eigenvalue weighted by molar-refractivity contribution is -0.0494. The molecule has 94 valence electrons. The Kier molecular flexibility index (Phi) is 2.99. The first-order chi connectivity index (χ1) is 8.74. The number of alkyl halides is 2. The van der Waals surface area contributed by atoms with E-state index in [9.17, 15) is 8.78 Å². The number of para-hydroxylation sites is 1. The minimum atomic E-state index is -2.81. The summed E-state index contributed by atoms with van der Waals surface area (Å²) in [6, 6.07) is 6.76. The third-order valence-corrected chi connectivity index (χ3v) is 3.83. The highest BCUT2D eigenvalue weighted by Crippen LogP contribution is 2.43. The highest BCUT2D eigenvalue weighted by Gasteiger charge is 2.27. The number of benzene rings is 1. The molecule has 2 aromatic rings. The summed E-state index contributed by atoms with van der Waals surface area (Å²) >= 11 is 1.59. The van der Waals surface area contributed by atoms with Gasteiger partial charge < -0.3 is 4.74 Å². The fourth-order valence-electron chi connectivity index (χ4n) is 1.81. The lowest BCUT2D eigenvalue weighted by atomic mass is 10.1. The number of hydrogen-bond acceptors (Lipinski definition) is 3. The van der Waals surface area contributed by atoms with Gasteiger partial charge in [-0.25, -0.2) is 4.98 Å². The van der Waals surface area contributed by atoms with Gasteiger partial charge in [0.2, 0.25) is 0 Å². The standard InChI is InChI=1S/C13H11F2NOS/c14-13(15)17-11-4-2-1-3-9(11)10-7-18-12(16-10)8-5-6-8/h1-4,7-8,13H,5-6H2. The van der Waals surface area contributed by atoms with Gasteiger partial charge in [-0.1, -0.05) is 12.1 Å². The number of hydrogen-bond donors (Lipinski definition) is 0. The molecule has 3 rings (SSSR count). The zero-order chi connectivity index (χ0) is 12.5. The molecule has 1 aliphatic carbocycles. The molecule has 0 saturated heterocycles. The van der Waals surface area contributed by atoms with E-state index in [2.05, 4.69) is 9.72 Å². The first-order valence-electron chi connectivity index (χ1n) is 5.73. The molecule has 2 nitrogen and oxygen atoms in total. The van der Waals surface area contributed by atoms with Gasteiger partial charge in [-0.2, -0.15) is 8.78 Å². The topological polar surface area (TPSA) is 22.1 Å². The lowest BCUT2D eigenvalue weighted by Crippen LogP contribution is -2.03. The molecule has 0 spiro atoms. The van der Waals surface area contributed by atoms with Crippen LogP contribution in [0.15, 0.2) is 29.6 Å². The minimum absolute atomic E-state index is 0.181. The van der Waals surface area contributed by atoms with E-state index in [1.165, 1.54) is 18.9 Å². The highest BCUT2D eigenvalue weighted by molar-refractivity contribution is 7.10. The van der Waals surface area contributed by atoms with Crippen LogP contribution in [0.25, 0.3) is 11.3 Å². The van der Waals surface area contributed by atoms with Crippen LogP contribution in [-0.2, 0) is 0 Å². The number of rotatable bonds is 4. The van der Waals surface area contributed by atoms with Crippen LogP contribution < -0.4 is 4.74 Å². The van der Waals surface area contributed by atoms with Gasteiger partial charge in [-0.3, -0.25) is 0 Å². The third kappa shape index (κ3) is 2.36. The minimum Gasteiger partial charge on any atom is -0.434 e. The van der Waals surface area contributed by atoms with Gasteiger partial charge in [0.25, 0.3) is 0 Å². The van der Waals surface area contributed by atoms with Crippen LogP contribution in [0.2, 0.25) is 0 Å². The second-order valence-corrected chi connectivity index (χ2v) is 5.11. The molecule has 0 N–H and O–H groups in total. The van der Waals surface area contributed by atoms with E-state index in [0.29, 0.717) is 11.5 Å². The molecular formula is C13H11F2NOS. The molecule has 1 heterocycles. The zero-order valence-corrected chi connectivity index (χ0v) is 10.3. The van der Waals surface area contributed by atoms with E-state index >= 15 is 0 Å². The van der Waals surface area contributed by atoms with Crippen LogP contribution in [0.4, 0.5) is 8.78 Å². The van der Waals surface area contributed by atoms with Crippen molar-refractivity contribution in [2.24, 2.45) is 0 Å². The molecule has 0 atom stereocenters. The van der Waals surface area contributed by atoms with E-state index in [1.54, 1.807) is 29.5 Å². The predicted octanol–water partition coefficient (Wildman–Crippen LogP) is 4.29. The summed E-state index contributed by atoms with van der Waals surface area (Å²) in [5.74, 6) is 0.757. The second kappa shape index (κ2) is 4.65. The lowest BCUT2D eigenvalue weighted by Gasteiger charge is -2.08. The SMILES string of the molecule is FC(F)Oc1ccccc1-c1csc(C2CC2)n1. The van der Waals surface area contributed by atoms with E-state index in [4.69, 9.17) is 0 Å². The van der Waals surface area contributed by atoms with E-state index < -0.39 is 6.61 Å². The fourth-order valence-corrected chi connectivity index (χ4v) is 2.80. The zero-order valence-electron chi connectivity index (χ0n) is 9.48. The molecule has 1 saturated carbocycles. The average Bonchev–Trinajstić information content (AvgIpc) is 3.08. The normalized spacial score (nSPS) is 15.1. The summed E-state index contributed by atoms with van der Waals surface area (Å²) in [6.07, 6.45) is 2.37. The van der Waals surface area contributed by atoms with E-state index in [1.807, 2.05) is 5.38 Å². The van der Waals surface area contributed by atoms with Gasteiger partial charge in [-0.15, -0.1) is 11.3 Å². The maximum atomic E-state index is 12.3. The van der Waals surface area contributed by atoms with Crippen molar-refractivity contribution in [1.82, 2.24) is 4.98 Å². The summed E-state index contributed by atoms with van der Waals surface area (Å²) < 4.78 is 29.2. The predicted molar refractivity (Wildman–Crippen MR) is 66.2 cm³/mol. The second-order valence-electron chi connectivity index (χ2n) is 4.22. The van der Waals surface area contributed by atoms with Gasteiger partial charge in [0.1, 0.15) is 5.75 Å². The molecule has 0 bridgehead atoms. The van der Waals surface area contributed by atoms with Crippen molar-refractivity contribution >= 4 is 11.3 Å². The van der Waals surface area contributed by atoms with Crippen molar-refractivity contribution in [2.45, 2.75) is 25.4 Å². The van der Waals surface area contributed by atoms with Crippen LogP contribution in [0.5, 0.6) is 5.75 Å². The van der Waals surface area contributed by atoms with Crippen LogP contribution in [0, 0.1) is 0 Å². The summed E-state index contributed by atoms with van der Waals surface area (Å²) in [6.45, 7) is -2.81. The number of aromatic nitrogens is 1. The Morgan fingerprint density at radius 1 is 1.28 bits per heavy atom. The molecule has 0 aliphatic heterocycles. The summed E-state index contributed by atoms with van der Waals surface area (Å²) in [4.78, 5) is 4.50. The largest absolute Gasteiger partial charge is 0.434 e. The molecule has 1 aromatic heterocycles. The van der Waals surface area contributed by atoms with Crippen molar-refractivity contribution in [3.05, 3.63) is 34.7 Å². The van der Waals surface area contributed by atoms with Crippen molar-refractivity contribution in [3.63, 3.8) is 0 Å². The van der Waals surface area contributed by atoms with Gasteiger partial charge >= 0.3 is 6.61 Å². The quantitative estimate of drug-likeness (QED) is 0.824. The Morgan fingerprint density at radius 2 is 2.06 bits per heavy atom. The number of halogens is 2. The molecule has 5 heteroatoms. The van der Waals surface area contributed by atoms with Gasteiger partial charge in [-0.05, 0) is 25.0 Å². The van der Waals surface area contributed by atoms with Crippen molar-refractivity contribution in [3.8, 4) is 17.0 Å². The monoisotopic (exact) mass is 267 g/mol. The van der Waals surface area contributed by atoms with Gasteiger partial charge in [0.15, 0.2) is 0 Å². The molecule has 1 fully saturated rings. The first-order valence-corrected chi connectivity index (χ1v) is 6.61. The van der Waals surface area contributed by atoms with E-state index in [-0.39, 0.29) is 5.75 Å². The number of thiazole rings is 1. The maximum absolute atomic E-state index is 12.3. The Labute approximate surface area is 107 Å². The Morgan fingerprint density at radius 3 is 2.78 bits per heavy atom. The van der Waals surface area contributed by atoms with Gasteiger partial charge in [0, 0.05) is 16.9 Å². The maximum Gasteiger partial charge on any atom is 0.387 e. The number of ether oxygens (including phenoxy) is 1. The first kappa shape index (κ1) is 11.6. The third-order valence-electron chi connectivity index (χ3n) is 2.83. The van der Waals surface area contributed by atoms with Crippen molar-refractivity contribution < 1.29 is 13.5 Å². The Hall–Kier alpha value is -1.49. The summed E-state index contributed by atoms with van der Waals surface area (Å²) in [5.41, 5.74) is 1.35. The Balaban J connectivity index is 1.93. The smallest absolute Gasteiger partial charge is 0.387 e. The van der Waals surface area contributed by atoms with Crippen LogP contribution in [0.1, 0.15) is 23.8 Å². The molecule has 0 radical (unpaired) electrons. The highest BCUT2D eigenvalue weighted by atomic mass is 32.1. The van der Waals surface area contributed by atoms with Crippen LogP contribution in [0.3, 0.4) is 0 Å². The Bertz CT molecular complexity index is 551. The summed E-state index contributed by atoms with van der Waals surface area (Å²) in [5, 5.41) is 3.00. The average molecular weight is 267 g/mol.